The molecule has 1 aliphatic heterocycles. The van der Waals surface area contributed by atoms with Gasteiger partial charge in [-0.15, -0.1) is 11.3 Å². The highest BCUT2D eigenvalue weighted by molar-refractivity contribution is 7.13. The lowest BCUT2D eigenvalue weighted by Crippen LogP contribution is -2.21. The Morgan fingerprint density at radius 2 is 2.09 bits per heavy atom. The fraction of sp³-hybridized carbons (Fsp3) is 0.444. The van der Waals surface area contributed by atoms with E-state index in [0.29, 0.717) is 0 Å². The normalized spacial score (nSPS) is 15.0. The summed E-state index contributed by atoms with van der Waals surface area (Å²) in [6.45, 7) is 7.38. The fourth-order valence-electron chi connectivity index (χ4n) is 2.94. The van der Waals surface area contributed by atoms with Gasteiger partial charge in [0.05, 0.1) is 10.7 Å². The molecule has 5 heteroatoms. The van der Waals surface area contributed by atoms with E-state index in [1.165, 1.54) is 37.3 Å². The van der Waals surface area contributed by atoms with Crippen LogP contribution in [0.4, 0.5) is 5.69 Å². The van der Waals surface area contributed by atoms with Crippen molar-refractivity contribution < 1.29 is 4.79 Å². The van der Waals surface area contributed by atoms with E-state index in [4.69, 9.17) is 0 Å². The maximum atomic E-state index is 12.5. The van der Waals surface area contributed by atoms with Gasteiger partial charge < -0.3 is 10.2 Å². The summed E-state index contributed by atoms with van der Waals surface area (Å²) < 4.78 is 0. The van der Waals surface area contributed by atoms with E-state index in [1.54, 1.807) is 0 Å². The second-order valence-electron chi connectivity index (χ2n) is 6.14. The summed E-state index contributed by atoms with van der Waals surface area (Å²) in [5, 5.41) is 4.03. The third-order valence-electron chi connectivity index (χ3n) is 4.16. The first-order chi connectivity index (χ1) is 11.1. The number of hydrogen-bond acceptors (Lipinski definition) is 4. The highest BCUT2D eigenvalue weighted by Gasteiger charge is 2.17. The molecule has 0 bridgehead atoms. The first-order valence-corrected chi connectivity index (χ1v) is 9.00. The summed E-state index contributed by atoms with van der Waals surface area (Å²) in [5.74, 6) is -0.0574. The summed E-state index contributed by atoms with van der Waals surface area (Å²) in [4.78, 5) is 20.3. The molecule has 122 valence electrons. The third kappa shape index (κ3) is 4.18. The molecule has 23 heavy (non-hydrogen) atoms. The lowest BCUT2D eigenvalue weighted by atomic mass is 10.2. The average Bonchev–Trinajstić information content (AvgIpc) is 3.14. The predicted molar refractivity (Wildman–Crippen MR) is 95.4 cm³/mol. The minimum absolute atomic E-state index is 0.0574. The van der Waals surface area contributed by atoms with Crippen molar-refractivity contribution in [2.45, 2.75) is 33.1 Å². The van der Waals surface area contributed by atoms with Crippen LogP contribution in [0.3, 0.4) is 0 Å². The number of anilines is 1. The maximum absolute atomic E-state index is 12.5. The fourth-order valence-corrected chi connectivity index (χ4v) is 3.89. The van der Waals surface area contributed by atoms with Gasteiger partial charge in [0.25, 0.3) is 5.91 Å². The molecule has 3 rings (SSSR count). The van der Waals surface area contributed by atoms with E-state index in [1.807, 2.05) is 38.1 Å². The molecule has 0 spiro atoms. The van der Waals surface area contributed by atoms with Crippen LogP contribution < -0.4 is 5.32 Å². The molecule has 1 amide bonds. The van der Waals surface area contributed by atoms with Crippen LogP contribution >= 0.6 is 11.3 Å². The monoisotopic (exact) mass is 329 g/mol. The number of thiazole rings is 1. The van der Waals surface area contributed by atoms with E-state index < -0.39 is 0 Å². The number of nitrogens with zero attached hydrogens (tertiary/aromatic N) is 2. The number of hydrogen-bond donors (Lipinski definition) is 1. The molecule has 1 N–H and O–H groups in total. The molecule has 1 saturated heterocycles. The van der Waals surface area contributed by atoms with Gasteiger partial charge in [-0.2, -0.15) is 0 Å². The SMILES string of the molecule is Cc1cccc(NC(=O)c2sc(CCN3CCCC3)nc2C)c1. The number of likely N-dealkylation sites (tertiary alicyclic amines) is 1. The zero-order valence-electron chi connectivity index (χ0n) is 13.8. The van der Waals surface area contributed by atoms with Crippen LogP contribution in [0.15, 0.2) is 24.3 Å². The van der Waals surface area contributed by atoms with E-state index in [0.717, 1.165) is 39.8 Å². The Labute approximate surface area is 141 Å². The van der Waals surface area contributed by atoms with Crippen LogP contribution in [0.25, 0.3) is 0 Å². The number of aromatic nitrogens is 1. The van der Waals surface area contributed by atoms with Gasteiger partial charge in [0.15, 0.2) is 0 Å². The molecule has 0 unspecified atom stereocenters. The Morgan fingerprint density at radius 1 is 1.30 bits per heavy atom. The number of carbonyl (C=O) groups excluding carboxylic acids is 1. The van der Waals surface area contributed by atoms with Gasteiger partial charge in [-0.1, -0.05) is 12.1 Å². The summed E-state index contributed by atoms with van der Waals surface area (Å²) in [7, 11) is 0. The van der Waals surface area contributed by atoms with Gasteiger partial charge in [-0.25, -0.2) is 4.98 Å². The van der Waals surface area contributed by atoms with Crippen molar-refractivity contribution in [3.63, 3.8) is 0 Å². The summed E-state index contributed by atoms with van der Waals surface area (Å²) in [5.41, 5.74) is 2.80. The first kappa shape index (κ1) is 16.1. The zero-order valence-corrected chi connectivity index (χ0v) is 14.6. The summed E-state index contributed by atoms with van der Waals surface area (Å²) >= 11 is 1.52. The average molecular weight is 329 g/mol. The predicted octanol–water partition coefficient (Wildman–Crippen LogP) is 3.65. The van der Waals surface area contributed by atoms with Gasteiger partial charge in [-0.3, -0.25) is 4.79 Å². The van der Waals surface area contributed by atoms with Gasteiger partial charge in [0.2, 0.25) is 0 Å². The lowest BCUT2D eigenvalue weighted by molar-refractivity contribution is 0.103. The zero-order chi connectivity index (χ0) is 16.2. The number of amides is 1. The first-order valence-electron chi connectivity index (χ1n) is 8.18. The second-order valence-corrected chi connectivity index (χ2v) is 7.23. The molecule has 1 fully saturated rings. The molecule has 1 aromatic heterocycles. The number of carbonyl (C=O) groups is 1. The van der Waals surface area contributed by atoms with Gasteiger partial charge in [0, 0.05) is 18.7 Å². The van der Waals surface area contributed by atoms with Crippen LogP contribution in [0.5, 0.6) is 0 Å². The minimum Gasteiger partial charge on any atom is -0.321 e. The van der Waals surface area contributed by atoms with Gasteiger partial charge in [-0.05, 0) is 57.5 Å². The largest absolute Gasteiger partial charge is 0.321 e. The van der Waals surface area contributed by atoms with Gasteiger partial charge in [0.1, 0.15) is 4.88 Å². The molecule has 0 atom stereocenters. The van der Waals surface area contributed by atoms with Crippen LogP contribution in [-0.2, 0) is 6.42 Å². The molecule has 2 heterocycles. The summed E-state index contributed by atoms with van der Waals surface area (Å²) in [6, 6.07) is 7.86. The number of nitrogens with one attached hydrogen (secondary N) is 1. The van der Waals surface area contributed by atoms with Crippen molar-refractivity contribution in [3.8, 4) is 0 Å². The van der Waals surface area contributed by atoms with Crippen molar-refractivity contribution in [1.29, 1.82) is 0 Å². The van der Waals surface area contributed by atoms with Crippen molar-refractivity contribution >= 4 is 22.9 Å². The standard InChI is InChI=1S/C18H23N3OS/c1-13-6-5-7-15(12-13)20-18(22)17-14(2)19-16(23-17)8-11-21-9-3-4-10-21/h5-7,12H,3-4,8-11H2,1-2H3,(H,20,22). The van der Waals surface area contributed by atoms with Crippen molar-refractivity contribution in [3.05, 3.63) is 45.4 Å². The van der Waals surface area contributed by atoms with Gasteiger partial charge >= 0.3 is 0 Å². The Kier molecular flexibility index (Phi) is 5.08. The molecule has 0 radical (unpaired) electrons. The van der Waals surface area contributed by atoms with Crippen LogP contribution in [-0.4, -0.2) is 35.4 Å². The number of benzene rings is 1. The second kappa shape index (κ2) is 7.23. The molecule has 0 aliphatic carbocycles. The Morgan fingerprint density at radius 3 is 2.83 bits per heavy atom. The van der Waals surface area contributed by atoms with Crippen LogP contribution in [0.2, 0.25) is 0 Å². The van der Waals surface area contributed by atoms with Crippen molar-refractivity contribution in [2.75, 3.05) is 25.0 Å². The van der Waals surface area contributed by atoms with E-state index in [2.05, 4.69) is 15.2 Å². The quantitative estimate of drug-likeness (QED) is 0.911. The summed E-state index contributed by atoms with van der Waals surface area (Å²) in [6.07, 6.45) is 3.55. The number of aryl methyl sites for hydroxylation is 2. The third-order valence-corrected chi connectivity index (χ3v) is 5.38. The lowest BCUT2D eigenvalue weighted by Gasteiger charge is -2.12. The smallest absolute Gasteiger partial charge is 0.267 e. The highest BCUT2D eigenvalue weighted by atomic mass is 32.1. The van der Waals surface area contributed by atoms with Crippen LogP contribution in [0.1, 0.15) is 38.8 Å². The maximum Gasteiger partial charge on any atom is 0.267 e. The van der Waals surface area contributed by atoms with Crippen molar-refractivity contribution in [2.24, 2.45) is 0 Å². The molecular formula is C18H23N3OS. The van der Waals surface area contributed by atoms with E-state index >= 15 is 0 Å². The van der Waals surface area contributed by atoms with E-state index in [-0.39, 0.29) is 5.91 Å². The molecule has 1 aliphatic rings. The number of rotatable bonds is 5. The molecule has 1 aromatic carbocycles. The topological polar surface area (TPSA) is 45.2 Å². The van der Waals surface area contributed by atoms with Crippen molar-refractivity contribution in [1.82, 2.24) is 9.88 Å². The Balaban J connectivity index is 1.63. The minimum atomic E-state index is -0.0574. The molecule has 2 aromatic rings. The Hall–Kier alpha value is -1.72. The molecule has 0 saturated carbocycles. The van der Waals surface area contributed by atoms with Crippen LogP contribution in [0, 0.1) is 13.8 Å². The van der Waals surface area contributed by atoms with E-state index in [9.17, 15) is 4.79 Å². The molecular weight excluding hydrogens is 306 g/mol. The molecule has 4 nitrogen and oxygen atoms in total. The highest BCUT2D eigenvalue weighted by Crippen LogP contribution is 2.21. The Bertz CT molecular complexity index is 689.